The van der Waals surface area contributed by atoms with Crippen molar-refractivity contribution >= 4 is 17.4 Å². The maximum atomic E-state index is 11.2. The molecule has 0 fully saturated rings. The fraction of sp³-hybridized carbons (Fsp3) is 0.636. The lowest BCUT2D eigenvalue weighted by Crippen LogP contribution is -2.35. The number of nitrogens with zero attached hydrogens (tertiary/aromatic N) is 1. The van der Waals surface area contributed by atoms with Crippen LogP contribution in [-0.4, -0.2) is 27.2 Å². The van der Waals surface area contributed by atoms with Crippen LogP contribution in [-0.2, 0) is 0 Å². The minimum atomic E-state index is -0.859. The fourth-order valence-electron chi connectivity index (χ4n) is 1.73. The van der Waals surface area contributed by atoms with Crippen molar-refractivity contribution in [3.05, 3.63) is 21.7 Å². The normalized spacial score (nSPS) is 14.7. The molecule has 1 unspecified atom stereocenters. The zero-order chi connectivity index (χ0) is 13.1. The molecule has 1 rings (SSSR count). The van der Waals surface area contributed by atoms with E-state index in [1.54, 1.807) is 6.92 Å². The lowest BCUT2D eigenvalue weighted by molar-refractivity contribution is 0.0515. The number of nitrogens with one attached hydrogen (secondary N) is 2. The second kappa shape index (κ2) is 5.51. The summed E-state index contributed by atoms with van der Waals surface area (Å²) in [6.45, 7) is 6.10. The SMILES string of the molecule is CC(C)CC(C)(O)CNc1nc[nH]c(=O)c1Cl. The van der Waals surface area contributed by atoms with Gasteiger partial charge in [-0.2, -0.15) is 0 Å². The van der Waals surface area contributed by atoms with Crippen molar-refractivity contribution in [2.24, 2.45) is 5.92 Å². The van der Waals surface area contributed by atoms with Gasteiger partial charge >= 0.3 is 0 Å². The Labute approximate surface area is 105 Å². The third kappa shape index (κ3) is 4.36. The molecule has 0 spiro atoms. The highest BCUT2D eigenvalue weighted by Crippen LogP contribution is 2.18. The molecule has 1 atom stereocenters. The summed E-state index contributed by atoms with van der Waals surface area (Å²) in [7, 11) is 0. The predicted octanol–water partition coefficient (Wildman–Crippen LogP) is 1.63. The standard InChI is InChI=1S/C11H18ClN3O2/c1-7(2)4-11(3,17)5-13-9-8(12)10(16)15-6-14-9/h6-7,17H,4-5H2,1-3H3,(H2,13,14,15,16). The van der Waals surface area contributed by atoms with E-state index in [2.05, 4.69) is 15.3 Å². The lowest BCUT2D eigenvalue weighted by atomic mass is 9.94. The summed E-state index contributed by atoms with van der Waals surface area (Å²) in [5, 5.41) is 13.0. The van der Waals surface area contributed by atoms with E-state index in [0.717, 1.165) is 0 Å². The average molecular weight is 260 g/mol. The molecule has 17 heavy (non-hydrogen) atoms. The van der Waals surface area contributed by atoms with E-state index in [1.165, 1.54) is 6.33 Å². The second-order valence-electron chi connectivity index (χ2n) is 4.84. The Morgan fingerprint density at radius 3 is 2.88 bits per heavy atom. The van der Waals surface area contributed by atoms with Crippen LogP contribution in [0, 0.1) is 5.92 Å². The molecule has 3 N–H and O–H groups in total. The molecule has 0 aliphatic heterocycles. The van der Waals surface area contributed by atoms with E-state index >= 15 is 0 Å². The Kier molecular flexibility index (Phi) is 4.54. The van der Waals surface area contributed by atoms with Crippen LogP contribution in [0.3, 0.4) is 0 Å². The molecule has 0 bridgehead atoms. The van der Waals surface area contributed by atoms with Crippen LogP contribution in [0.2, 0.25) is 5.02 Å². The monoisotopic (exact) mass is 259 g/mol. The van der Waals surface area contributed by atoms with E-state index in [1.807, 2.05) is 13.8 Å². The quantitative estimate of drug-likeness (QED) is 0.751. The molecule has 0 radical (unpaired) electrons. The number of anilines is 1. The summed E-state index contributed by atoms with van der Waals surface area (Å²) < 4.78 is 0. The van der Waals surface area contributed by atoms with Gasteiger partial charge in [-0.1, -0.05) is 25.4 Å². The summed E-state index contributed by atoms with van der Waals surface area (Å²) in [6.07, 6.45) is 1.93. The van der Waals surface area contributed by atoms with Crippen molar-refractivity contribution in [3.63, 3.8) is 0 Å². The summed E-state index contributed by atoms with van der Waals surface area (Å²) in [5.74, 6) is 0.675. The Bertz CT molecular complexity index is 429. The van der Waals surface area contributed by atoms with Crippen molar-refractivity contribution in [2.75, 3.05) is 11.9 Å². The Balaban J connectivity index is 2.67. The summed E-state index contributed by atoms with van der Waals surface area (Å²) >= 11 is 5.78. The molecular formula is C11H18ClN3O2. The number of rotatable bonds is 5. The molecular weight excluding hydrogens is 242 g/mol. The van der Waals surface area contributed by atoms with Crippen LogP contribution >= 0.6 is 11.6 Å². The Morgan fingerprint density at radius 2 is 2.29 bits per heavy atom. The average Bonchev–Trinajstić information content (AvgIpc) is 2.18. The Morgan fingerprint density at radius 1 is 1.65 bits per heavy atom. The molecule has 0 saturated carbocycles. The third-order valence-corrected chi connectivity index (χ3v) is 2.63. The highest BCUT2D eigenvalue weighted by atomic mass is 35.5. The molecule has 0 aliphatic carbocycles. The number of halogens is 1. The zero-order valence-corrected chi connectivity index (χ0v) is 11.0. The van der Waals surface area contributed by atoms with Gasteiger partial charge in [0.05, 0.1) is 11.9 Å². The second-order valence-corrected chi connectivity index (χ2v) is 5.22. The smallest absolute Gasteiger partial charge is 0.271 e. The minimum Gasteiger partial charge on any atom is -0.388 e. The number of hydrogen-bond donors (Lipinski definition) is 3. The van der Waals surface area contributed by atoms with Crippen molar-refractivity contribution in [1.82, 2.24) is 9.97 Å². The number of aromatic amines is 1. The van der Waals surface area contributed by atoms with Gasteiger partial charge in [-0.05, 0) is 19.3 Å². The third-order valence-electron chi connectivity index (χ3n) is 2.28. The zero-order valence-electron chi connectivity index (χ0n) is 10.2. The molecule has 0 aliphatic rings. The maximum Gasteiger partial charge on any atom is 0.271 e. The molecule has 1 aromatic rings. The van der Waals surface area contributed by atoms with Crippen molar-refractivity contribution in [3.8, 4) is 0 Å². The predicted molar refractivity (Wildman–Crippen MR) is 68.4 cm³/mol. The molecule has 1 heterocycles. The van der Waals surface area contributed by atoms with Gasteiger partial charge in [0.15, 0.2) is 5.82 Å². The first-order chi connectivity index (χ1) is 7.82. The summed E-state index contributed by atoms with van der Waals surface area (Å²) in [4.78, 5) is 17.5. The molecule has 0 saturated heterocycles. The van der Waals surface area contributed by atoms with Crippen LogP contribution in [0.25, 0.3) is 0 Å². The lowest BCUT2D eigenvalue weighted by Gasteiger charge is -2.25. The number of aliphatic hydroxyl groups is 1. The first-order valence-electron chi connectivity index (χ1n) is 5.51. The number of hydrogen-bond acceptors (Lipinski definition) is 4. The number of aromatic nitrogens is 2. The molecule has 5 nitrogen and oxygen atoms in total. The first-order valence-corrected chi connectivity index (χ1v) is 5.89. The van der Waals surface area contributed by atoms with Gasteiger partial charge in [-0.3, -0.25) is 4.79 Å². The van der Waals surface area contributed by atoms with Crippen molar-refractivity contribution < 1.29 is 5.11 Å². The first kappa shape index (κ1) is 14.0. The summed E-state index contributed by atoms with van der Waals surface area (Å²) in [6, 6.07) is 0. The summed E-state index contributed by atoms with van der Waals surface area (Å²) in [5.41, 5.74) is -1.26. The van der Waals surface area contributed by atoms with E-state index < -0.39 is 11.2 Å². The largest absolute Gasteiger partial charge is 0.388 e. The minimum absolute atomic E-state index is 0.00727. The van der Waals surface area contributed by atoms with Crippen LogP contribution < -0.4 is 10.9 Å². The van der Waals surface area contributed by atoms with E-state index in [4.69, 9.17) is 11.6 Å². The molecule has 6 heteroatoms. The van der Waals surface area contributed by atoms with Gasteiger partial charge in [0.25, 0.3) is 5.56 Å². The van der Waals surface area contributed by atoms with Gasteiger partial charge in [-0.25, -0.2) is 4.98 Å². The fourth-order valence-corrected chi connectivity index (χ4v) is 1.90. The van der Waals surface area contributed by atoms with Gasteiger partial charge in [0.1, 0.15) is 5.02 Å². The maximum absolute atomic E-state index is 11.2. The van der Waals surface area contributed by atoms with Crippen LogP contribution in [0.15, 0.2) is 11.1 Å². The number of H-pyrrole nitrogens is 1. The highest BCUT2D eigenvalue weighted by molar-refractivity contribution is 6.32. The molecule has 96 valence electrons. The Hall–Kier alpha value is -1.07. The van der Waals surface area contributed by atoms with Crippen LogP contribution in [0.5, 0.6) is 0 Å². The topological polar surface area (TPSA) is 78.0 Å². The molecule has 0 aromatic carbocycles. The van der Waals surface area contributed by atoms with Crippen LogP contribution in [0.4, 0.5) is 5.82 Å². The van der Waals surface area contributed by atoms with E-state index in [9.17, 15) is 9.90 Å². The van der Waals surface area contributed by atoms with E-state index in [-0.39, 0.29) is 5.02 Å². The van der Waals surface area contributed by atoms with E-state index in [0.29, 0.717) is 24.7 Å². The molecule has 0 amide bonds. The van der Waals surface area contributed by atoms with Gasteiger partial charge in [0.2, 0.25) is 0 Å². The van der Waals surface area contributed by atoms with Crippen molar-refractivity contribution in [1.29, 1.82) is 0 Å². The van der Waals surface area contributed by atoms with Gasteiger partial charge < -0.3 is 15.4 Å². The van der Waals surface area contributed by atoms with Crippen LogP contribution in [0.1, 0.15) is 27.2 Å². The van der Waals surface area contributed by atoms with Gasteiger partial charge in [0, 0.05) is 6.54 Å². The molecule has 1 aromatic heterocycles. The highest BCUT2D eigenvalue weighted by Gasteiger charge is 2.22. The van der Waals surface area contributed by atoms with Crippen molar-refractivity contribution in [2.45, 2.75) is 32.8 Å². The van der Waals surface area contributed by atoms with Gasteiger partial charge in [-0.15, -0.1) is 0 Å².